The second-order valence-corrected chi connectivity index (χ2v) is 8.99. The Morgan fingerprint density at radius 3 is 2.65 bits per heavy atom. The SMILES string of the molecule is O=C(NCCn1nc(-c2cnccn2)cc1C1CC1)c1ccccc1S(=O)(=O)C(F)F. The van der Waals surface area contributed by atoms with Crippen LogP contribution in [-0.2, 0) is 16.4 Å². The van der Waals surface area contributed by atoms with Crippen molar-refractivity contribution in [2.75, 3.05) is 6.54 Å². The lowest BCUT2D eigenvalue weighted by molar-refractivity contribution is 0.0948. The highest BCUT2D eigenvalue weighted by atomic mass is 32.2. The van der Waals surface area contributed by atoms with Crippen molar-refractivity contribution >= 4 is 15.7 Å². The summed E-state index contributed by atoms with van der Waals surface area (Å²) in [7, 11) is -4.89. The molecule has 0 aliphatic heterocycles. The minimum Gasteiger partial charge on any atom is -0.350 e. The average Bonchev–Trinajstić information content (AvgIpc) is 3.53. The number of sulfone groups is 1. The van der Waals surface area contributed by atoms with Crippen molar-refractivity contribution in [1.29, 1.82) is 0 Å². The molecule has 162 valence electrons. The van der Waals surface area contributed by atoms with Crippen molar-refractivity contribution in [3.63, 3.8) is 0 Å². The Labute approximate surface area is 177 Å². The maximum absolute atomic E-state index is 12.9. The molecule has 11 heteroatoms. The Bertz CT molecular complexity index is 1190. The maximum Gasteiger partial charge on any atom is 0.341 e. The Balaban J connectivity index is 1.48. The molecule has 31 heavy (non-hydrogen) atoms. The predicted octanol–water partition coefficient (Wildman–Crippen LogP) is 2.64. The van der Waals surface area contributed by atoms with E-state index in [2.05, 4.69) is 20.4 Å². The quantitative estimate of drug-likeness (QED) is 0.569. The van der Waals surface area contributed by atoms with Gasteiger partial charge in [0.2, 0.25) is 9.84 Å². The molecular formula is C20H19F2N5O3S. The van der Waals surface area contributed by atoms with E-state index in [0.717, 1.165) is 24.6 Å². The molecule has 4 rings (SSSR count). The Hall–Kier alpha value is -3.21. The predicted molar refractivity (Wildman–Crippen MR) is 107 cm³/mol. The molecule has 2 aromatic heterocycles. The van der Waals surface area contributed by atoms with Crippen molar-refractivity contribution < 1.29 is 22.0 Å². The summed E-state index contributed by atoms with van der Waals surface area (Å²) in [6.45, 7) is 0.477. The average molecular weight is 447 g/mol. The van der Waals surface area contributed by atoms with Crippen LogP contribution in [0.15, 0.2) is 53.8 Å². The van der Waals surface area contributed by atoms with Gasteiger partial charge >= 0.3 is 5.76 Å². The summed E-state index contributed by atoms with van der Waals surface area (Å²) >= 11 is 0. The highest BCUT2D eigenvalue weighted by molar-refractivity contribution is 7.91. The first-order chi connectivity index (χ1) is 14.9. The highest BCUT2D eigenvalue weighted by Crippen LogP contribution is 2.41. The zero-order valence-corrected chi connectivity index (χ0v) is 17.1. The van der Waals surface area contributed by atoms with Crippen molar-refractivity contribution in [3.8, 4) is 11.4 Å². The largest absolute Gasteiger partial charge is 0.350 e. The first-order valence-corrected chi connectivity index (χ1v) is 11.2. The molecule has 0 atom stereocenters. The molecule has 0 bridgehead atoms. The molecule has 0 unspecified atom stereocenters. The Morgan fingerprint density at radius 2 is 1.97 bits per heavy atom. The second-order valence-electron chi connectivity index (χ2n) is 7.10. The van der Waals surface area contributed by atoms with Crippen molar-refractivity contribution in [2.45, 2.75) is 36.0 Å². The highest BCUT2D eigenvalue weighted by Gasteiger charge is 2.31. The number of nitrogens with one attached hydrogen (secondary N) is 1. The number of carbonyl (C=O) groups is 1. The zero-order valence-electron chi connectivity index (χ0n) is 16.3. The van der Waals surface area contributed by atoms with Gasteiger partial charge in [-0.25, -0.2) is 8.42 Å². The number of hydrogen-bond donors (Lipinski definition) is 1. The van der Waals surface area contributed by atoms with Crippen LogP contribution in [-0.4, -0.2) is 46.4 Å². The van der Waals surface area contributed by atoms with Gasteiger partial charge in [-0.15, -0.1) is 0 Å². The van der Waals surface area contributed by atoms with E-state index < -0.39 is 26.4 Å². The van der Waals surface area contributed by atoms with E-state index >= 15 is 0 Å². The molecule has 1 saturated carbocycles. The van der Waals surface area contributed by atoms with Gasteiger partial charge in [-0.2, -0.15) is 13.9 Å². The van der Waals surface area contributed by atoms with Crippen molar-refractivity contribution in [2.24, 2.45) is 0 Å². The fraction of sp³-hybridized carbons (Fsp3) is 0.300. The van der Waals surface area contributed by atoms with Gasteiger partial charge in [-0.1, -0.05) is 12.1 Å². The molecule has 1 N–H and O–H groups in total. The fourth-order valence-corrected chi connectivity index (χ4v) is 4.17. The number of hydrogen-bond acceptors (Lipinski definition) is 6. The minimum atomic E-state index is -4.89. The molecule has 1 aliphatic rings. The molecule has 1 aromatic carbocycles. The van der Waals surface area contributed by atoms with Crippen LogP contribution in [0.4, 0.5) is 8.78 Å². The van der Waals surface area contributed by atoms with Crippen LogP contribution in [0.25, 0.3) is 11.4 Å². The molecule has 0 spiro atoms. The topological polar surface area (TPSA) is 107 Å². The number of amides is 1. The first kappa shape index (κ1) is 21.0. The standard InChI is InChI=1S/C20H19F2N5O3S/c21-20(22)31(29,30)18-4-2-1-3-14(18)19(28)25-9-10-27-17(13-5-6-13)11-15(26-27)16-12-23-7-8-24-16/h1-4,7-8,11-13,20H,5-6,9-10H2,(H,25,28). The molecule has 1 aliphatic carbocycles. The smallest absolute Gasteiger partial charge is 0.341 e. The van der Waals surface area contributed by atoms with Crippen molar-refractivity contribution in [3.05, 3.63) is 60.2 Å². The number of alkyl halides is 2. The molecule has 1 fully saturated rings. The van der Waals surface area contributed by atoms with E-state index in [1.165, 1.54) is 18.2 Å². The Kier molecular flexibility index (Phi) is 5.77. The molecule has 3 aromatic rings. The summed E-state index contributed by atoms with van der Waals surface area (Å²) < 4.78 is 51.4. The lowest BCUT2D eigenvalue weighted by Gasteiger charge is -2.11. The lowest BCUT2D eigenvalue weighted by Crippen LogP contribution is -2.29. The van der Waals surface area contributed by atoms with Gasteiger partial charge in [0, 0.05) is 30.6 Å². The number of carbonyl (C=O) groups excluding carboxylic acids is 1. The number of benzene rings is 1. The fourth-order valence-electron chi connectivity index (χ4n) is 3.24. The van der Waals surface area contributed by atoms with E-state index in [4.69, 9.17) is 0 Å². The van der Waals surface area contributed by atoms with Crippen LogP contribution >= 0.6 is 0 Å². The summed E-state index contributed by atoms with van der Waals surface area (Å²) in [5, 5.41) is 7.16. The van der Waals surface area contributed by atoms with Crippen LogP contribution in [0.3, 0.4) is 0 Å². The summed E-state index contributed by atoms with van der Waals surface area (Å²) in [6, 6.07) is 6.88. The number of rotatable bonds is 8. The van der Waals surface area contributed by atoms with Gasteiger partial charge in [0.15, 0.2) is 0 Å². The summed E-state index contributed by atoms with van der Waals surface area (Å²) in [4.78, 5) is 20.1. The molecular weight excluding hydrogens is 428 g/mol. The third-order valence-corrected chi connectivity index (χ3v) is 6.35. The van der Waals surface area contributed by atoms with Gasteiger partial charge in [0.25, 0.3) is 5.91 Å². The second kappa shape index (κ2) is 8.50. The Morgan fingerprint density at radius 1 is 1.19 bits per heavy atom. The van der Waals surface area contributed by atoms with Gasteiger partial charge in [0.1, 0.15) is 11.4 Å². The lowest BCUT2D eigenvalue weighted by atomic mass is 10.2. The van der Waals surface area contributed by atoms with Crippen LogP contribution in [0, 0.1) is 0 Å². The molecule has 0 radical (unpaired) electrons. The molecule has 0 saturated heterocycles. The number of aromatic nitrogens is 4. The molecule has 1 amide bonds. The van der Waals surface area contributed by atoms with Gasteiger partial charge in [-0.3, -0.25) is 19.4 Å². The summed E-state index contributed by atoms with van der Waals surface area (Å²) in [5.41, 5.74) is 2.02. The van der Waals surface area contributed by atoms with Gasteiger partial charge in [-0.05, 0) is 31.0 Å². The van der Waals surface area contributed by atoms with Crippen LogP contribution in [0.2, 0.25) is 0 Å². The third kappa shape index (κ3) is 4.46. The molecule has 2 heterocycles. The molecule has 8 nitrogen and oxygen atoms in total. The summed E-state index contributed by atoms with van der Waals surface area (Å²) in [5.74, 6) is -3.95. The van der Waals surface area contributed by atoms with Gasteiger partial charge in [0.05, 0.1) is 23.2 Å². The van der Waals surface area contributed by atoms with Gasteiger partial charge < -0.3 is 5.32 Å². The van der Waals surface area contributed by atoms with Crippen molar-refractivity contribution in [1.82, 2.24) is 25.1 Å². The maximum atomic E-state index is 12.9. The van der Waals surface area contributed by atoms with E-state index in [-0.39, 0.29) is 12.1 Å². The monoisotopic (exact) mass is 447 g/mol. The number of nitrogens with zero attached hydrogens (tertiary/aromatic N) is 4. The van der Waals surface area contributed by atoms with Crippen LogP contribution in [0.1, 0.15) is 34.8 Å². The third-order valence-electron chi connectivity index (χ3n) is 4.91. The number of halogens is 2. The van der Waals surface area contributed by atoms with E-state index in [1.807, 2.05) is 6.07 Å². The minimum absolute atomic E-state index is 0.142. The summed E-state index contributed by atoms with van der Waals surface area (Å²) in [6.07, 6.45) is 6.87. The van der Waals surface area contributed by atoms with E-state index in [9.17, 15) is 22.0 Å². The first-order valence-electron chi connectivity index (χ1n) is 9.61. The van der Waals surface area contributed by atoms with E-state index in [1.54, 1.807) is 23.3 Å². The van der Waals surface area contributed by atoms with E-state index in [0.29, 0.717) is 23.9 Å². The van der Waals surface area contributed by atoms with Crippen LogP contribution in [0.5, 0.6) is 0 Å². The zero-order chi connectivity index (χ0) is 22.0. The normalized spacial score (nSPS) is 14.0. The van der Waals surface area contributed by atoms with Crippen LogP contribution < -0.4 is 5.32 Å².